The standard InChI is InChI=1S/C11H15N3O.2ClH/c12-8-9-4-5-13-10(7-9)14-6-2-1-3-11(14)15;;/h4-5,7H,1-3,6,8,12H2;2*1H. The van der Waals surface area contributed by atoms with Gasteiger partial charge in [-0.3, -0.25) is 9.69 Å². The number of hydrogen-bond donors (Lipinski definition) is 1. The first-order valence-corrected chi connectivity index (χ1v) is 5.26. The van der Waals surface area contributed by atoms with Crippen LogP contribution >= 0.6 is 24.8 Å². The van der Waals surface area contributed by atoms with Gasteiger partial charge < -0.3 is 5.73 Å². The Morgan fingerprint density at radius 1 is 1.35 bits per heavy atom. The first kappa shape index (κ1) is 16.2. The summed E-state index contributed by atoms with van der Waals surface area (Å²) in [5, 5.41) is 0. The second-order valence-electron chi connectivity index (χ2n) is 3.73. The fraction of sp³-hybridized carbons (Fsp3) is 0.455. The summed E-state index contributed by atoms with van der Waals surface area (Å²) >= 11 is 0. The molecule has 0 saturated carbocycles. The van der Waals surface area contributed by atoms with Crippen LogP contribution in [0.15, 0.2) is 18.3 Å². The Hall–Kier alpha value is -0.840. The third-order valence-corrected chi connectivity index (χ3v) is 2.65. The van der Waals surface area contributed by atoms with Crippen molar-refractivity contribution in [1.82, 2.24) is 4.98 Å². The summed E-state index contributed by atoms with van der Waals surface area (Å²) in [5.74, 6) is 0.908. The normalized spacial score (nSPS) is 14.9. The second-order valence-corrected chi connectivity index (χ2v) is 3.73. The number of nitrogens with two attached hydrogens (primary N) is 1. The monoisotopic (exact) mass is 277 g/mol. The fourth-order valence-corrected chi connectivity index (χ4v) is 1.78. The van der Waals surface area contributed by atoms with Gasteiger partial charge in [0.05, 0.1) is 0 Å². The molecule has 0 aromatic carbocycles. The molecule has 1 saturated heterocycles. The lowest BCUT2D eigenvalue weighted by Crippen LogP contribution is -2.35. The number of piperidine rings is 1. The van der Waals surface area contributed by atoms with Crippen LogP contribution < -0.4 is 10.6 Å². The number of rotatable bonds is 2. The molecular weight excluding hydrogens is 261 g/mol. The first-order chi connectivity index (χ1) is 7.31. The number of nitrogens with zero attached hydrogens (tertiary/aromatic N) is 2. The van der Waals surface area contributed by atoms with Gasteiger partial charge >= 0.3 is 0 Å². The number of carbonyl (C=O) groups excluding carboxylic acids is 1. The summed E-state index contributed by atoms with van der Waals surface area (Å²) in [6, 6.07) is 3.77. The zero-order valence-electron chi connectivity index (χ0n) is 9.46. The van der Waals surface area contributed by atoms with Crippen LogP contribution in [0.25, 0.3) is 0 Å². The van der Waals surface area contributed by atoms with Gasteiger partial charge in [-0.15, -0.1) is 24.8 Å². The molecule has 1 fully saturated rings. The van der Waals surface area contributed by atoms with Crippen molar-refractivity contribution in [3.05, 3.63) is 23.9 Å². The van der Waals surface area contributed by atoms with Gasteiger partial charge in [0.2, 0.25) is 5.91 Å². The van der Waals surface area contributed by atoms with Crippen LogP contribution in [-0.4, -0.2) is 17.4 Å². The molecule has 1 aromatic heterocycles. The van der Waals surface area contributed by atoms with E-state index < -0.39 is 0 Å². The van der Waals surface area contributed by atoms with E-state index in [1.54, 1.807) is 11.1 Å². The zero-order chi connectivity index (χ0) is 10.7. The minimum atomic E-state index is 0. The highest BCUT2D eigenvalue weighted by Gasteiger charge is 2.20. The molecule has 0 unspecified atom stereocenters. The van der Waals surface area contributed by atoms with Crippen molar-refractivity contribution < 1.29 is 4.79 Å². The van der Waals surface area contributed by atoms with Gasteiger partial charge in [-0.1, -0.05) is 0 Å². The molecule has 2 N–H and O–H groups in total. The van der Waals surface area contributed by atoms with E-state index in [0.717, 1.165) is 30.8 Å². The summed E-state index contributed by atoms with van der Waals surface area (Å²) in [6.45, 7) is 1.26. The van der Waals surface area contributed by atoms with Crippen molar-refractivity contribution in [2.24, 2.45) is 5.73 Å². The van der Waals surface area contributed by atoms with Gasteiger partial charge in [0, 0.05) is 25.7 Å². The van der Waals surface area contributed by atoms with E-state index in [0.29, 0.717) is 13.0 Å². The van der Waals surface area contributed by atoms with E-state index in [1.807, 2.05) is 12.1 Å². The second kappa shape index (κ2) is 7.48. The van der Waals surface area contributed by atoms with E-state index in [9.17, 15) is 4.79 Å². The van der Waals surface area contributed by atoms with Gasteiger partial charge in [0.25, 0.3) is 0 Å². The van der Waals surface area contributed by atoms with Crippen LogP contribution in [0.1, 0.15) is 24.8 Å². The Labute approximate surface area is 113 Å². The van der Waals surface area contributed by atoms with Gasteiger partial charge in [-0.05, 0) is 30.5 Å². The fourth-order valence-electron chi connectivity index (χ4n) is 1.78. The highest BCUT2D eigenvalue weighted by Crippen LogP contribution is 2.19. The average molecular weight is 278 g/mol. The summed E-state index contributed by atoms with van der Waals surface area (Å²) in [6.07, 6.45) is 4.39. The Morgan fingerprint density at radius 3 is 2.76 bits per heavy atom. The molecule has 1 aliphatic rings. The van der Waals surface area contributed by atoms with Gasteiger partial charge in [0.15, 0.2) is 0 Å². The SMILES string of the molecule is Cl.Cl.NCc1ccnc(N2CCCCC2=O)c1. The predicted octanol–water partition coefficient (Wildman–Crippen LogP) is 1.90. The Kier molecular flexibility index (Phi) is 7.11. The molecular formula is C11H17Cl2N3O. The lowest BCUT2D eigenvalue weighted by Gasteiger charge is -2.25. The summed E-state index contributed by atoms with van der Waals surface area (Å²) in [4.78, 5) is 17.6. The lowest BCUT2D eigenvalue weighted by molar-refractivity contribution is -0.119. The minimum Gasteiger partial charge on any atom is -0.326 e. The van der Waals surface area contributed by atoms with E-state index in [-0.39, 0.29) is 30.7 Å². The predicted molar refractivity (Wildman–Crippen MR) is 72.8 cm³/mol. The summed E-state index contributed by atoms with van der Waals surface area (Å²) in [7, 11) is 0. The number of hydrogen-bond acceptors (Lipinski definition) is 3. The molecule has 0 atom stereocenters. The van der Waals surface area contributed by atoms with Crippen molar-refractivity contribution in [2.45, 2.75) is 25.8 Å². The van der Waals surface area contributed by atoms with Crippen LogP contribution in [-0.2, 0) is 11.3 Å². The number of anilines is 1. The highest BCUT2D eigenvalue weighted by atomic mass is 35.5. The summed E-state index contributed by atoms with van der Waals surface area (Å²) < 4.78 is 0. The molecule has 1 aliphatic heterocycles. The smallest absolute Gasteiger partial charge is 0.228 e. The number of carbonyl (C=O) groups is 1. The maximum Gasteiger partial charge on any atom is 0.228 e. The van der Waals surface area contributed by atoms with E-state index in [4.69, 9.17) is 5.73 Å². The molecule has 0 radical (unpaired) electrons. The maximum absolute atomic E-state index is 11.6. The van der Waals surface area contributed by atoms with Crippen molar-refractivity contribution in [3.63, 3.8) is 0 Å². The van der Waals surface area contributed by atoms with Crippen LogP contribution in [0.2, 0.25) is 0 Å². The largest absolute Gasteiger partial charge is 0.326 e. The van der Waals surface area contributed by atoms with Crippen molar-refractivity contribution >= 4 is 36.5 Å². The molecule has 0 spiro atoms. The number of aromatic nitrogens is 1. The van der Waals surface area contributed by atoms with Crippen LogP contribution in [0.5, 0.6) is 0 Å². The zero-order valence-corrected chi connectivity index (χ0v) is 11.1. The van der Waals surface area contributed by atoms with E-state index in [2.05, 4.69) is 4.98 Å². The molecule has 1 amide bonds. The Balaban J connectivity index is 0.00000128. The first-order valence-electron chi connectivity index (χ1n) is 5.26. The van der Waals surface area contributed by atoms with Gasteiger partial charge in [-0.25, -0.2) is 4.98 Å². The third kappa shape index (κ3) is 3.84. The summed E-state index contributed by atoms with van der Waals surface area (Å²) in [5.41, 5.74) is 6.56. The molecule has 0 bridgehead atoms. The Morgan fingerprint density at radius 2 is 2.12 bits per heavy atom. The van der Waals surface area contributed by atoms with E-state index >= 15 is 0 Å². The molecule has 4 nitrogen and oxygen atoms in total. The van der Waals surface area contributed by atoms with Crippen LogP contribution in [0, 0.1) is 0 Å². The topological polar surface area (TPSA) is 59.2 Å². The van der Waals surface area contributed by atoms with Crippen molar-refractivity contribution in [3.8, 4) is 0 Å². The maximum atomic E-state index is 11.6. The number of halogens is 2. The quantitative estimate of drug-likeness (QED) is 0.898. The highest BCUT2D eigenvalue weighted by molar-refractivity contribution is 5.93. The van der Waals surface area contributed by atoms with Gasteiger partial charge in [0.1, 0.15) is 5.82 Å². The molecule has 0 aliphatic carbocycles. The van der Waals surface area contributed by atoms with E-state index in [1.165, 1.54) is 0 Å². The van der Waals surface area contributed by atoms with Crippen molar-refractivity contribution in [1.29, 1.82) is 0 Å². The molecule has 2 rings (SSSR count). The van der Waals surface area contributed by atoms with Crippen molar-refractivity contribution in [2.75, 3.05) is 11.4 Å². The third-order valence-electron chi connectivity index (χ3n) is 2.65. The van der Waals surface area contributed by atoms with Crippen LogP contribution in [0.4, 0.5) is 5.82 Å². The van der Waals surface area contributed by atoms with Gasteiger partial charge in [-0.2, -0.15) is 0 Å². The number of pyridine rings is 1. The molecule has 2 heterocycles. The average Bonchev–Trinajstić information content (AvgIpc) is 2.30. The molecule has 1 aromatic rings. The molecule has 17 heavy (non-hydrogen) atoms. The lowest BCUT2D eigenvalue weighted by atomic mass is 10.1. The molecule has 6 heteroatoms. The minimum absolute atomic E-state index is 0. The van der Waals surface area contributed by atoms with Crippen LogP contribution in [0.3, 0.4) is 0 Å². The number of amides is 1. The Bertz CT molecular complexity index is 373. The molecule has 96 valence electrons.